The first-order chi connectivity index (χ1) is 7.66. The molecule has 0 aliphatic rings. The Morgan fingerprint density at radius 2 is 2.25 bits per heavy atom. The van der Waals surface area contributed by atoms with Crippen LogP contribution in [-0.4, -0.2) is 11.5 Å². The SMILES string of the molecule is C#CCCNC(C)c1ccccc1[N+](=O)[O-]. The number of hydrogen-bond acceptors (Lipinski definition) is 3. The van der Waals surface area contributed by atoms with E-state index in [1.165, 1.54) is 6.07 Å². The third-order valence-electron chi connectivity index (χ3n) is 2.32. The molecular weight excluding hydrogens is 204 g/mol. The zero-order chi connectivity index (χ0) is 12.0. The monoisotopic (exact) mass is 218 g/mol. The van der Waals surface area contributed by atoms with Gasteiger partial charge in [-0.05, 0) is 6.92 Å². The van der Waals surface area contributed by atoms with Gasteiger partial charge < -0.3 is 5.32 Å². The minimum absolute atomic E-state index is 0.0741. The summed E-state index contributed by atoms with van der Waals surface area (Å²) in [5.74, 6) is 2.52. The summed E-state index contributed by atoms with van der Waals surface area (Å²) in [7, 11) is 0. The third-order valence-corrected chi connectivity index (χ3v) is 2.32. The second kappa shape index (κ2) is 5.89. The first kappa shape index (κ1) is 12.2. The zero-order valence-corrected chi connectivity index (χ0v) is 9.14. The number of para-hydroxylation sites is 1. The Morgan fingerprint density at radius 1 is 1.56 bits per heavy atom. The van der Waals surface area contributed by atoms with Gasteiger partial charge in [-0.3, -0.25) is 10.1 Å². The lowest BCUT2D eigenvalue weighted by atomic mass is 10.1. The third kappa shape index (κ3) is 3.07. The lowest BCUT2D eigenvalue weighted by Crippen LogP contribution is -2.20. The zero-order valence-electron chi connectivity index (χ0n) is 9.14. The molecule has 4 nitrogen and oxygen atoms in total. The fourth-order valence-corrected chi connectivity index (χ4v) is 1.49. The standard InChI is InChI=1S/C12H14N2O2/c1-3-4-9-13-10(2)11-7-5-6-8-12(11)14(15)16/h1,5-8,10,13H,4,9H2,2H3. The Bertz CT molecular complexity index is 410. The highest BCUT2D eigenvalue weighted by Crippen LogP contribution is 2.24. The van der Waals surface area contributed by atoms with E-state index < -0.39 is 0 Å². The van der Waals surface area contributed by atoms with Gasteiger partial charge in [0.15, 0.2) is 0 Å². The van der Waals surface area contributed by atoms with Crippen molar-refractivity contribution in [2.45, 2.75) is 19.4 Å². The van der Waals surface area contributed by atoms with E-state index in [1.807, 2.05) is 6.92 Å². The first-order valence-corrected chi connectivity index (χ1v) is 5.07. The number of terminal acetylenes is 1. The minimum Gasteiger partial charge on any atom is -0.309 e. The van der Waals surface area contributed by atoms with Crippen molar-refractivity contribution in [1.29, 1.82) is 0 Å². The van der Waals surface area contributed by atoms with Gasteiger partial charge in [-0.15, -0.1) is 12.3 Å². The van der Waals surface area contributed by atoms with Gasteiger partial charge in [-0.25, -0.2) is 0 Å². The maximum absolute atomic E-state index is 10.8. The van der Waals surface area contributed by atoms with Crippen LogP contribution in [0.15, 0.2) is 24.3 Å². The largest absolute Gasteiger partial charge is 0.309 e. The van der Waals surface area contributed by atoms with Gasteiger partial charge in [-0.1, -0.05) is 18.2 Å². The van der Waals surface area contributed by atoms with Crippen LogP contribution in [0.4, 0.5) is 5.69 Å². The number of benzene rings is 1. The second-order valence-electron chi connectivity index (χ2n) is 3.45. The van der Waals surface area contributed by atoms with Crippen molar-refractivity contribution in [3.63, 3.8) is 0 Å². The molecule has 0 aromatic heterocycles. The molecule has 0 saturated carbocycles. The van der Waals surface area contributed by atoms with E-state index in [0.717, 1.165) is 0 Å². The summed E-state index contributed by atoms with van der Waals surface area (Å²) in [6.45, 7) is 2.54. The molecule has 4 heteroatoms. The predicted molar refractivity (Wildman–Crippen MR) is 63.0 cm³/mol. The highest BCUT2D eigenvalue weighted by molar-refractivity contribution is 5.41. The van der Waals surface area contributed by atoms with Crippen LogP contribution in [-0.2, 0) is 0 Å². The van der Waals surface area contributed by atoms with Crippen LogP contribution in [0.5, 0.6) is 0 Å². The van der Waals surface area contributed by atoms with Gasteiger partial charge in [0.05, 0.1) is 4.92 Å². The van der Waals surface area contributed by atoms with Gasteiger partial charge >= 0.3 is 0 Å². The molecule has 0 spiro atoms. The van der Waals surface area contributed by atoms with Crippen molar-refractivity contribution in [1.82, 2.24) is 5.32 Å². The molecule has 1 aromatic rings. The molecule has 0 aliphatic heterocycles. The number of nitro benzene ring substituents is 1. The van der Waals surface area contributed by atoms with Gasteiger partial charge in [0.25, 0.3) is 5.69 Å². The van der Waals surface area contributed by atoms with Crippen molar-refractivity contribution in [3.8, 4) is 12.3 Å². The van der Waals surface area contributed by atoms with Crippen molar-refractivity contribution in [2.75, 3.05) is 6.54 Å². The quantitative estimate of drug-likeness (QED) is 0.357. The number of nitro groups is 1. The van der Waals surface area contributed by atoms with Gasteiger partial charge in [0, 0.05) is 30.6 Å². The van der Waals surface area contributed by atoms with Crippen molar-refractivity contribution in [2.24, 2.45) is 0 Å². The molecule has 0 bridgehead atoms. The van der Waals surface area contributed by atoms with E-state index in [9.17, 15) is 10.1 Å². The molecule has 84 valence electrons. The maximum atomic E-state index is 10.8. The summed E-state index contributed by atoms with van der Waals surface area (Å²) in [6.07, 6.45) is 5.75. The van der Waals surface area contributed by atoms with Crippen LogP contribution in [0, 0.1) is 22.5 Å². The fraction of sp³-hybridized carbons (Fsp3) is 0.333. The Hall–Kier alpha value is -1.86. The Kier molecular flexibility index (Phi) is 4.49. The minimum atomic E-state index is -0.366. The van der Waals surface area contributed by atoms with E-state index in [2.05, 4.69) is 11.2 Å². The Balaban J connectivity index is 2.78. The molecule has 0 saturated heterocycles. The smallest absolute Gasteiger partial charge is 0.274 e. The Labute approximate surface area is 94.8 Å². The highest BCUT2D eigenvalue weighted by Gasteiger charge is 2.16. The van der Waals surface area contributed by atoms with Crippen molar-refractivity contribution < 1.29 is 4.92 Å². The van der Waals surface area contributed by atoms with Crippen LogP contribution in [0.25, 0.3) is 0 Å². The van der Waals surface area contributed by atoms with Gasteiger partial charge in [0.1, 0.15) is 0 Å². The van der Waals surface area contributed by atoms with Crippen LogP contribution >= 0.6 is 0 Å². The lowest BCUT2D eigenvalue weighted by molar-refractivity contribution is -0.385. The van der Waals surface area contributed by atoms with Gasteiger partial charge in [-0.2, -0.15) is 0 Å². The molecule has 1 atom stereocenters. The summed E-state index contributed by atoms with van der Waals surface area (Å²) >= 11 is 0. The molecule has 0 radical (unpaired) electrons. The number of hydrogen-bond donors (Lipinski definition) is 1. The van der Waals surface area contributed by atoms with Crippen LogP contribution in [0.3, 0.4) is 0 Å². The summed E-state index contributed by atoms with van der Waals surface area (Å²) in [4.78, 5) is 10.4. The van der Waals surface area contributed by atoms with Crippen LogP contribution in [0.1, 0.15) is 24.9 Å². The molecule has 0 amide bonds. The summed E-state index contributed by atoms with van der Waals surface area (Å²) in [5, 5.41) is 13.9. The average molecular weight is 218 g/mol. The predicted octanol–water partition coefficient (Wildman–Crippen LogP) is 2.27. The first-order valence-electron chi connectivity index (χ1n) is 5.07. The average Bonchev–Trinajstić information content (AvgIpc) is 2.29. The molecule has 0 heterocycles. The van der Waals surface area contributed by atoms with Crippen LogP contribution < -0.4 is 5.32 Å². The van der Waals surface area contributed by atoms with Crippen molar-refractivity contribution >= 4 is 5.69 Å². The molecule has 0 aliphatic carbocycles. The summed E-state index contributed by atoms with van der Waals surface area (Å²) < 4.78 is 0. The lowest BCUT2D eigenvalue weighted by Gasteiger charge is -2.13. The van der Waals surface area contributed by atoms with E-state index in [0.29, 0.717) is 18.5 Å². The van der Waals surface area contributed by atoms with E-state index >= 15 is 0 Å². The summed E-state index contributed by atoms with van der Waals surface area (Å²) in [6, 6.07) is 6.65. The van der Waals surface area contributed by atoms with Crippen molar-refractivity contribution in [3.05, 3.63) is 39.9 Å². The second-order valence-corrected chi connectivity index (χ2v) is 3.45. The topological polar surface area (TPSA) is 55.2 Å². The number of nitrogens with one attached hydrogen (secondary N) is 1. The summed E-state index contributed by atoms with van der Waals surface area (Å²) in [5.41, 5.74) is 0.827. The molecule has 1 N–H and O–H groups in total. The normalized spacial score (nSPS) is 11.8. The molecule has 1 unspecified atom stereocenters. The number of nitrogens with zero attached hydrogens (tertiary/aromatic N) is 1. The highest BCUT2D eigenvalue weighted by atomic mass is 16.6. The Morgan fingerprint density at radius 3 is 2.88 bits per heavy atom. The molecule has 1 aromatic carbocycles. The van der Waals surface area contributed by atoms with Crippen LogP contribution in [0.2, 0.25) is 0 Å². The molecule has 0 fully saturated rings. The van der Waals surface area contributed by atoms with E-state index in [1.54, 1.807) is 18.2 Å². The number of rotatable bonds is 5. The molecule has 1 rings (SSSR count). The van der Waals surface area contributed by atoms with E-state index in [4.69, 9.17) is 6.42 Å². The van der Waals surface area contributed by atoms with Gasteiger partial charge in [0.2, 0.25) is 0 Å². The molecular formula is C12H14N2O2. The molecule has 16 heavy (non-hydrogen) atoms. The fourth-order valence-electron chi connectivity index (χ4n) is 1.49. The van der Waals surface area contributed by atoms with E-state index in [-0.39, 0.29) is 16.7 Å². The maximum Gasteiger partial charge on any atom is 0.274 e.